The fourth-order valence-corrected chi connectivity index (χ4v) is 9.52. The van der Waals surface area contributed by atoms with E-state index in [1.54, 1.807) is 6.20 Å². The second-order valence-electron chi connectivity index (χ2n) is 10.2. The molecule has 2 aliphatic rings. The van der Waals surface area contributed by atoms with Gasteiger partial charge in [0, 0.05) is 34.7 Å². The zero-order valence-electron chi connectivity index (χ0n) is 22.0. The first kappa shape index (κ1) is 24.1. The molecule has 4 heteroatoms. The molecule has 1 unspecified atom stereocenters. The van der Waals surface area contributed by atoms with E-state index < -0.39 is 8.80 Å². The van der Waals surface area contributed by atoms with Crippen LogP contribution in [0, 0.1) is 11.3 Å². The maximum atomic E-state index is 9.54. The number of nitrogens with zero attached hydrogens (tertiary/aromatic N) is 3. The third-order valence-electron chi connectivity index (χ3n) is 8.01. The van der Waals surface area contributed by atoms with Gasteiger partial charge in [-0.15, -0.1) is 0 Å². The Kier molecular flexibility index (Phi) is 6.20. The first-order valence-corrected chi connectivity index (χ1v) is 15.4. The molecule has 0 radical (unpaired) electrons. The molecular formula is C36H27N3Si. The highest BCUT2D eigenvalue weighted by atomic mass is 28.3. The molecule has 1 aromatic heterocycles. The molecule has 0 bridgehead atoms. The van der Waals surface area contributed by atoms with E-state index in [4.69, 9.17) is 0 Å². The summed E-state index contributed by atoms with van der Waals surface area (Å²) in [6, 6.07) is 43.9. The normalized spacial score (nSPS) is 16.0. The largest absolute Gasteiger partial charge is 0.310 e. The van der Waals surface area contributed by atoms with Crippen LogP contribution in [0.25, 0.3) is 5.57 Å². The van der Waals surface area contributed by atoms with Crippen molar-refractivity contribution >= 4 is 47.0 Å². The Bertz CT molecular complexity index is 1770. The quantitative estimate of drug-likeness (QED) is 0.259. The van der Waals surface area contributed by atoms with Crippen molar-refractivity contribution in [1.29, 1.82) is 5.26 Å². The minimum atomic E-state index is -1.64. The molecule has 0 spiro atoms. The van der Waals surface area contributed by atoms with Gasteiger partial charge in [0.15, 0.2) is 0 Å². The van der Waals surface area contributed by atoms with Crippen LogP contribution in [-0.2, 0) is 0 Å². The third kappa shape index (κ3) is 4.09. The topological polar surface area (TPSA) is 39.9 Å². The van der Waals surface area contributed by atoms with Crippen molar-refractivity contribution in [1.82, 2.24) is 4.98 Å². The van der Waals surface area contributed by atoms with E-state index in [0.29, 0.717) is 5.69 Å². The zero-order valence-corrected chi connectivity index (χ0v) is 23.1. The van der Waals surface area contributed by atoms with Crippen LogP contribution in [-0.4, -0.2) is 13.8 Å². The summed E-state index contributed by atoms with van der Waals surface area (Å²) in [5.41, 5.74) is 7.49. The van der Waals surface area contributed by atoms with Gasteiger partial charge in [0.1, 0.15) is 20.6 Å². The zero-order chi connectivity index (χ0) is 26.9. The number of hydrogen-bond donors (Lipinski definition) is 0. The van der Waals surface area contributed by atoms with Gasteiger partial charge in [0.05, 0.1) is 0 Å². The van der Waals surface area contributed by atoms with E-state index in [0.717, 1.165) is 17.6 Å². The summed E-state index contributed by atoms with van der Waals surface area (Å²) in [6.07, 6.45) is 9.22. The molecule has 4 aromatic carbocycles. The minimum absolute atomic E-state index is 0.227. The average molecular weight is 530 g/mol. The van der Waals surface area contributed by atoms with E-state index in [-0.39, 0.29) is 5.92 Å². The van der Waals surface area contributed by atoms with E-state index >= 15 is 0 Å². The molecule has 0 saturated carbocycles. The monoisotopic (exact) mass is 529 g/mol. The second-order valence-corrected chi connectivity index (χ2v) is 13.0. The van der Waals surface area contributed by atoms with Crippen LogP contribution < -0.4 is 20.5 Å². The van der Waals surface area contributed by atoms with E-state index in [2.05, 4.69) is 137 Å². The third-order valence-corrected chi connectivity index (χ3v) is 11.3. The Morgan fingerprint density at radius 2 is 1.38 bits per heavy atom. The molecular weight excluding hydrogens is 503 g/mol. The van der Waals surface area contributed by atoms with E-state index in [9.17, 15) is 5.26 Å². The number of rotatable bonds is 4. The Morgan fingerprint density at radius 1 is 0.725 bits per heavy atom. The highest BCUT2D eigenvalue weighted by Crippen LogP contribution is 2.42. The van der Waals surface area contributed by atoms with Crippen LogP contribution in [0.2, 0.25) is 0 Å². The molecule has 0 saturated heterocycles. The van der Waals surface area contributed by atoms with Gasteiger partial charge >= 0.3 is 0 Å². The second kappa shape index (κ2) is 10.3. The molecule has 1 atom stereocenters. The fourth-order valence-electron chi connectivity index (χ4n) is 6.21. The minimum Gasteiger partial charge on any atom is -0.310 e. The van der Waals surface area contributed by atoms with Crippen LogP contribution in [0.15, 0.2) is 140 Å². The Morgan fingerprint density at radius 3 is 2.05 bits per heavy atom. The lowest BCUT2D eigenvalue weighted by Gasteiger charge is -2.39. The van der Waals surface area contributed by atoms with Gasteiger partial charge in [0.2, 0.25) is 0 Å². The molecule has 5 aromatic rings. The fraction of sp³-hybridized carbons (Fsp3) is 0.0556. The van der Waals surface area contributed by atoms with Crippen molar-refractivity contribution in [3.05, 3.63) is 157 Å². The summed E-state index contributed by atoms with van der Waals surface area (Å²) in [7, 11) is -1.64. The van der Waals surface area contributed by atoms with Crippen LogP contribution in [0.4, 0.5) is 17.1 Å². The molecule has 3 nitrogen and oxygen atoms in total. The summed E-state index contributed by atoms with van der Waals surface area (Å²) >= 11 is 0. The number of para-hydroxylation sites is 3. The highest BCUT2D eigenvalue weighted by Gasteiger charge is 2.34. The predicted octanol–water partition coefficient (Wildman–Crippen LogP) is 6.11. The van der Waals surface area contributed by atoms with Crippen molar-refractivity contribution < 1.29 is 0 Å². The number of aromatic nitrogens is 1. The lowest BCUT2D eigenvalue weighted by Crippen LogP contribution is -2.57. The van der Waals surface area contributed by atoms with Crippen molar-refractivity contribution in [2.24, 2.45) is 0 Å². The average Bonchev–Trinajstić information content (AvgIpc) is 3.04. The lowest BCUT2D eigenvalue weighted by molar-refractivity contribution is 0.854. The molecule has 1 aliphatic heterocycles. The number of allylic oxidation sites excluding steroid dienone is 4. The van der Waals surface area contributed by atoms with Crippen LogP contribution in [0.1, 0.15) is 29.2 Å². The Labute approximate surface area is 236 Å². The highest BCUT2D eigenvalue weighted by molar-refractivity contribution is 6.98. The molecule has 0 fully saturated rings. The number of benzene rings is 4. The van der Waals surface area contributed by atoms with Gasteiger partial charge in [-0.3, -0.25) is 0 Å². The van der Waals surface area contributed by atoms with Gasteiger partial charge in [0.25, 0.3) is 0 Å². The molecule has 0 amide bonds. The SMILES string of the molecule is N#Cc1ncccc1C1=CCC(c2ccccc2N2c3ccccc3[SiH](c3ccccc3)c3ccccc32)C=C1. The Hall–Kier alpha value is -4.98. The molecule has 2 heterocycles. The smallest absolute Gasteiger partial charge is 0.148 e. The van der Waals surface area contributed by atoms with Crippen molar-refractivity contribution in [2.75, 3.05) is 4.90 Å². The number of hydrogen-bond acceptors (Lipinski definition) is 3. The van der Waals surface area contributed by atoms with Gasteiger partial charge < -0.3 is 4.90 Å². The van der Waals surface area contributed by atoms with Crippen molar-refractivity contribution in [2.45, 2.75) is 12.3 Å². The first-order chi connectivity index (χ1) is 19.8. The first-order valence-electron chi connectivity index (χ1n) is 13.7. The van der Waals surface area contributed by atoms with Crippen molar-refractivity contribution in [3.63, 3.8) is 0 Å². The van der Waals surface area contributed by atoms with Gasteiger partial charge in [-0.2, -0.15) is 5.26 Å². The van der Waals surface area contributed by atoms with Gasteiger partial charge in [-0.25, -0.2) is 4.98 Å². The number of nitriles is 1. The standard InChI is InChI=1S/C36H27N3Si/c37-25-31-29(14-10-24-38-31)26-20-22-27(23-21-26)30-13-4-5-15-32(30)39-33-16-6-8-18-35(33)40(28-11-2-1-3-12-28)36-19-9-7-17-34(36)39/h1-22,24,27,40H,23H2. The molecule has 190 valence electrons. The number of pyridine rings is 1. The van der Waals surface area contributed by atoms with Crippen LogP contribution in [0.3, 0.4) is 0 Å². The maximum absolute atomic E-state index is 9.54. The molecule has 0 N–H and O–H groups in total. The summed E-state index contributed by atoms with van der Waals surface area (Å²) in [5, 5.41) is 13.9. The predicted molar refractivity (Wildman–Crippen MR) is 167 cm³/mol. The van der Waals surface area contributed by atoms with Gasteiger partial charge in [-0.1, -0.05) is 108 Å². The summed E-state index contributed by atoms with van der Waals surface area (Å²) in [6.45, 7) is 0. The summed E-state index contributed by atoms with van der Waals surface area (Å²) < 4.78 is 0. The number of fused-ring (bicyclic) bond motifs is 2. The molecule has 40 heavy (non-hydrogen) atoms. The summed E-state index contributed by atoms with van der Waals surface area (Å²) in [4.78, 5) is 6.74. The van der Waals surface area contributed by atoms with Crippen LogP contribution >= 0.6 is 0 Å². The van der Waals surface area contributed by atoms with E-state index in [1.807, 2.05) is 12.1 Å². The Balaban J connectivity index is 1.32. The van der Waals surface area contributed by atoms with Gasteiger partial charge in [-0.05, 0) is 58.3 Å². The molecule has 7 rings (SSSR count). The summed E-state index contributed by atoms with van der Waals surface area (Å²) in [5.74, 6) is 0.227. The number of anilines is 3. The van der Waals surface area contributed by atoms with Crippen molar-refractivity contribution in [3.8, 4) is 6.07 Å². The van der Waals surface area contributed by atoms with Crippen LogP contribution in [0.5, 0.6) is 0 Å². The van der Waals surface area contributed by atoms with E-state index in [1.165, 1.54) is 38.2 Å². The molecule has 1 aliphatic carbocycles. The maximum Gasteiger partial charge on any atom is 0.148 e. The lowest BCUT2D eigenvalue weighted by atomic mass is 9.86.